The van der Waals surface area contributed by atoms with Crippen molar-refractivity contribution < 1.29 is 56.9 Å². The first kappa shape index (κ1) is 25.6. The minimum absolute atomic E-state index is 0.254. The van der Waals surface area contributed by atoms with Crippen LogP contribution in [0.4, 0.5) is 13.2 Å². The van der Waals surface area contributed by atoms with Gasteiger partial charge in [0.1, 0.15) is 0 Å². The normalized spacial score (nSPS) is 12.0. The highest BCUT2D eigenvalue weighted by Crippen LogP contribution is 2.20. The van der Waals surface area contributed by atoms with Crippen LogP contribution in [0, 0.1) is 7.14 Å². The predicted molar refractivity (Wildman–Crippen MR) is 100 cm³/mol. The largest absolute Gasteiger partial charge is 0.741 e. The van der Waals surface area contributed by atoms with Crippen LogP contribution in [0.3, 0.4) is 0 Å². The van der Waals surface area contributed by atoms with Gasteiger partial charge in [-0.15, -0.1) is 0 Å². The van der Waals surface area contributed by atoms with Crippen LogP contribution < -0.4 is 26.4 Å². The maximum Gasteiger partial charge on any atom is 0.485 e. The zero-order chi connectivity index (χ0) is 22.5. The van der Waals surface area contributed by atoms with Crippen molar-refractivity contribution >= 4 is 29.3 Å². The van der Waals surface area contributed by atoms with E-state index in [0.29, 0.717) is 5.56 Å². The van der Waals surface area contributed by atoms with Gasteiger partial charge < -0.3 is 9.29 Å². The summed E-state index contributed by atoms with van der Waals surface area (Å²) in [5.41, 5.74) is -4.99. The molecule has 0 N–H and O–H groups in total. The van der Waals surface area contributed by atoms with Crippen molar-refractivity contribution in [1.82, 2.24) is 0 Å². The Morgan fingerprint density at radius 3 is 2.00 bits per heavy atom. The highest BCUT2D eigenvalue weighted by atomic mass is 127. The second-order valence-electron chi connectivity index (χ2n) is 6.73. The number of carbonyl (C=O) groups is 1. The molecule has 11 heteroatoms. The highest BCUT2D eigenvalue weighted by molar-refractivity contribution is 7.86. The molecule has 0 radical (unpaired) electrons. The standard InChI is InChI=1S/C17H20IO2Si.CHF3O3S/c1-20-17(19)13-10-11-16(21(2,3)4)15(12-13)18-14-8-6-5-7-9-14;2-1(3,4)8(5,6)7/h5-12H,1-4H3;(H,5,6,7)/q+1;/p-1. The summed E-state index contributed by atoms with van der Waals surface area (Å²) in [5, 5.41) is 1.45. The molecule has 0 unspecified atom stereocenters. The Morgan fingerprint density at radius 2 is 1.59 bits per heavy atom. The Morgan fingerprint density at radius 1 is 1.07 bits per heavy atom. The predicted octanol–water partition coefficient (Wildman–Crippen LogP) is 0.198. The number of carbonyl (C=O) groups excluding carboxylic acids is 1. The van der Waals surface area contributed by atoms with Crippen LogP contribution in [0.5, 0.6) is 0 Å². The highest BCUT2D eigenvalue weighted by Gasteiger charge is 2.37. The van der Waals surface area contributed by atoms with Gasteiger partial charge in [0.15, 0.2) is 17.3 Å². The van der Waals surface area contributed by atoms with E-state index in [1.54, 1.807) is 0 Å². The van der Waals surface area contributed by atoms with Crippen molar-refractivity contribution in [2.24, 2.45) is 0 Å². The molecule has 0 spiro atoms. The van der Waals surface area contributed by atoms with Gasteiger partial charge in [-0.3, -0.25) is 0 Å². The third-order valence-electron chi connectivity index (χ3n) is 3.43. The fourth-order valence-corrected chi connectivity index (χ4v) is 8.56. The van der Waals surface area contributed by atoms with Crippen LogP contribution in [-0.4, -0.2) is 39.6 Å². The van der Waals surface area contributed by atoms with E-state index < -0.39 is 23.7 Å². The number of ether oxygens (including phenoxy) is 1. The maximum atomic E-state index is 11.8. The summed E-state index contributed by atoms with van der Waals surface area (Å²) in [6, 6.07) is 16.6. The Kier molecular flexibility index (Phi) is 8.86. The molecule has 160 valence electrons. The van der Waals surface area contributed by atoms with Crippen molar-refractivity contribution in [2.45, 2.75) is 25.1 Å². The molecule has 2 rings (SSSR count). The average Bonchev–Trinajstić information content (AvgIpc) is 2.59. The first-order valence-electron chi connectivity index (χ1n) is 8.11. The minimum Gasteiger partial charge on any atom is -0.741 e. The van der Waals surface area contributed by atoms with E-state index in [4.69, 9.17) is 17.7 Å². The number of rotatable bonds is 4. The van der Waals surface area contributed by atoms with Gasteiger partial charge in [0.05, 0.1) is 20.7 Å². The van der Waals surface area contributed by atoms with Crippen LogP contribution in [0.1, 0.15) is 10.4 Å². The lowest BCUT2D eigenvalue weighted by Crippen LogP contribution is -3.62. The van der Waals surface area contributed by atoms with Crippen LogP contribution in [-0.2, 0) is 14.9 Å². The topological polar surface area (TPSA) is 83.5 Å². The molecule has 29 heavy (non-hydrogen) atoms. The quantitative estimate of drug-likeness (QED) is 0.176. The summed E-state index contributed by atoms with van der Waals surface area (Å²) >= 11 is -0.280. The van der Waals surface area contributed by atoms with Gasteiger partial charge >= 0.3 is 32.7 Å². The van der Waals surface area contributed by atoms with E-state index >= 15 is 0 Å². The number of alkyl halides is 3. The summed E-state index contributed by atoms with van der Waals surface area (Å²) in [4.78, 5) is 11.8. The van der Waals surface area contributed by atoms with Crippen LogP contribution in [0.25, 0.3) is 0 Å². The second-order valence-corrected chi connectivity index (χ2v) is 16.1. The van der Waals surface area contributed by atoms with Gasteiger partial charge in [-0.1, -0.05) is 43.9 Å². The molecule has 0 bridgehead atoms. The fourth-order valence-electron chi connectivity index (χ4n) is 2.04. The molecule has 0 atom stereocenters. The monoisotopic (exact) mass is 560 g/mol. The van der Waals surface area contributed by atoms with Crippen molar-refractivity contribution in [3.05, 3.63) is 61.2 Å². The number of methoxy groups -OCH3 is 1. The first-order valence-corrected chi connectivity index (χ1v) is 15.2. The third kappa shape index (κ3) is 8.07. The molecule has 5 nitrogen and oxygen atoms in total. The molecule has 0 saturated carbocycles. The number of hydrogen-bond acceptors (Lipinski definition) is 5. The summed E-state index contributed by atoms with van der Waals surface area (Å²) in [6.07, 6.45) is 0. The van der Waals surface area contributed by atoms with E-state index in [0.717, 1.165) is 0 Å². The van der Waals surface area contributed by atoms with Gasteiger partial charge in [0.25, 0.3) is 0 Å². The second kappa shape index (κ2) is 10.0. The van der Waals surface area contributed by atoms with E-state index in [1.165, 1.54) is 19.4 Å². The SMILES string of the molecule is COC(=O)c1ccc([Si](C)(C)C)c([I+]c2ccccc2)c1.O=S(=O)([O-])C(F)(F)F. The minimum atomic E-state index is -6.09. The van der Waals surface area contributed by atoms with Crippen LogP contribution in [0.15, 0.2) is 48.5 Å². The van der Waals surface area contributed by atoms with E-state index in [2.05, 4.69) is 50.0 Å². The van der Waals surface area contributed by atoms with Gasteiger partial charge in [-0.2, -0.15) is 13.2 Å². The third-order valence-corrected chi connectivity index (χ3v) is 9.37. The summed E-state index contributed by atoms with van der Waals surface area (Å²) in [5.74, 6) is -0.254. The van der Waals surface area contributed by atoms with Gasteiger partial charge in [-0.05, 0) is 23.4 Å². The molecular formula is C18H20F3IO5SSi. The Labute approximate surface area is 179 Å². The lowest BCUT2D eigenvalue weighted by molar-refractivity contribution is -0.596. The molecular weight excluding hydrogens is 540 g/mol. The summed E-state index contributed by atoms with van der Waals surface area (Å²) in [7, 11) is -6.08. The first-order chi connectivity index (χ1) is 13.2. The van der Waals surface area contributed by atoms with Crippen LogP contribution in [0.2, 0.25) is 19.6 Å². The molecule has 0 aliphatic carbocycles. The Hall–Kier alpha value is -1.44. The fraction of sp³-hybridized carbons (Fsp3) is 0.278. The summed E-state index contributed by atoms with van der Waals surface area (Å²) in [6.45, 7) is 7.04. The van der Waals surface area contributed by atoms with Crippen molar-refractivity contribution in [3.8, 4) is 0 Å². The number of esters is 1. The van der Waals surface area contributed by atoms with Crippen LogP contribution >= 0.6 is 0 Å². The average molecular weight is 560 g/mol. The molecule has 0 aromatic heterocycles. The van der Waals surface area contributed by atoms with Gasteiger partial charge in [-0.25, -0.2) is 13.2 Å². The molecule has 0 fully saturated rings. The van der Waals surface area contributed by atoms with E-state index in [1.807, 2.05) is 18.2 Å². The zero-order valence-electron chi connectivity index (χ0n) is 16.1. The molecule has 2 aromatic rings. The maximum absolute atomic E-state index is 11.8. The Balaban J connectivity index is 0.000000447. The van der Waals surface area contributed by atoms with Crippen molar-refractivity contribution in [1.29, 1.82) is 0 Å². The molecule has 0 aliphatic rings. The summed E-state index contributed by atoms with van der Waals surface area (Å²) < 4.78 is 66.5. The van der Waals surface area contributed by atoms with Crippen molar-refractivity contribution in [3.63, 3.8) is 0 Å². The molecule has 0 aliphatic heterocycles. The van der Waals surface area contributed by atoms with Gasteiger partial charge in [0.2, 0.25) is 0 Å². The molecule has 0 heterocycles. The number of benzene rings is 2. The molecule has 0 saturated heterocycles. The van der Waals surface area contributed by atoms with Gasteiger partial charge in [0, 0.05) is 6.07 Å². The molecule has 0 amide bonds. The smallest absolute Gasteiger partial charge is 0.485 e. The van der Waals surface area contributed by atoms with E-state index in [9.17, 15) is 18.0 Å². The Bertz CT molecular complexity index is 942. The van der Waals surface area contributed by atoms with Crippen molar-refractivity contribution in [2.75, 3.05) is 7.11 Å². The lowest BCUT2D eigenvalue weighted by atomic mass is 10.2. The molecule has 2 aromatic carbocycles. The zero-order valence-corrected chi connectivity index (χ0v) is 20.1. The number of halogens is 4. The van der Waals surface area contributed by atoms with E-state index in [-0.39, 0.29) is 27.2 Å². The number of hydrogen-bond donors (Lipinski definition) is 0. The lowest BCUT2D eigenvalue weighted by Gasteiger charge is -2.16.